The number of phenolic OH excluding ortho intramolecular Hbond substituents is 1. The molecule has 0 aliphatic carbocycles. The molecular formula is C15H24N2O3. The van der Waals surface area contributed by atoms with Gasteiger partial charge in [-0.3, -0.25) is 4.79 Å². The second-order valence-electron chi connectivity index (χ2n) is 4.57. The number of carbonyl (C=O) groups is 1. The van der Waals surface area contributed by atoms with Crippen molar-refractivity contribution in [1.29, 1.82) is 0 Å². The van der Waals surface area contributed by atoms with Gasteiger partial charge in [0.05, 0.1) is 12.7 Å². The fourth-order valence-corrected chi connectivity index (χ4v) is 2.00. The summed E-state index contributed by atoms with van der Waals surface area (Å²) >= 11 is 0. The maximum absolute atomic E-state index is 12.0. The molecule has 1 aromatic rings. The van der Waals surface area contributed by atoms with Crippen LogP contribution in [0.4, 0.5) is 0 Å². The van der Waals surface area contributed by atoms with Gasteiger partial charge in [0.1, 0.15) is 11.5 Å². The van der Waals surface area contributed by atoms with Gasteiger partial charge in [-0.2, -0.15) is 0 Å². The lowest BCUT2D eigenvalue weighted by Crippen LogP contribution is -2.35. The molecule has 0 aliphatic heterocycles. The minimum absolute atomic E-state index is 0.0669. The lowest BCUT2D eigenvalue weighted by atomic mass is 10.2. The predicted molar refractivity (Wildman–Crippen MR) is 79.4 cm³/mol. The molecule has 0 bridgehead atoms. The summed E-state index contributed by atoms with van der Waals surface area (Å²) in [6.45, 7) is 7.62. The third-order valence-corrected chi connectivity index (χ3v) is 3.15. The fourth-order valence-electron chi connectivity index (χ4n) is 2.00. The number of likely N-dealkylation sites (N-methyl/N-ethyl adjacent to an activating group) is 1. The quantitative estimate of drug-likeness (QED) is 0.763. The molecule has 0 aliphatic rings. The van der Waals surface area contributed by atoms with Gasteiger partial charge >= 0.3 is 0 Å². The fraction of sp³-hybridized carbons (Fsp3) is 0.533. The SMILES string of the molecule is CCCN(CC)CCNC(=O)c1ccc(OC)cc1O. The van der Waals surface area contributed by atoms with E-state index in [-0.39, 0.29) is 17.2 Å². The molecule has 0 fully saturated rings. The van der Waals surface area contributed by atoms with Crippen LogP contribution in [0.2, 0.25) is 0 Å². The zero-order valence-electron chi connectivity index (χ0n) is 12.5. The molecule has 0 aromatic heterocycles. The summed E-state index contributed by atoms with van der Waals surface area (Å²) in [5, 5.41) is 12.6. The van der Waals surface area contributed by atoms with Crippen LogP contribution >= 0.6 is 0 Å². The minimum Gasteiger partial charge on any atom is -0.507 e. The number of ether oxygens (including phenoxy) is 1. The second-order valence-corrected chi connectivity index (χ2v) is 4.57. The van der Waals surface area contributed by atoms with E-state index in [2.05, 4.69) is 24.1 Å². The molecule has 112 valence electrons. The highest BCUT2D eigenvalue weighted by Gasteiger charge is 2.11. The van der Waals surface area contributed by atoms with E-state index in [1.807, 2.05) is 0 Å². The van der Waals surface area contributed by atoms with Crippen LogP contribution in [-0.4, -0.2) is 49.2 Å². The first kappa shape index (κ1) is 16.3. The molecule has 0 atom stereocenters. The number of carbonyl (C=O) groups excluding carboxylic acids is 1. The van der Waals surface area contributed by atoms with Gasteiger partial charge in [-0.25, -0.2) is 0 Å². The van der Waals surface area contributed by atoms with Gasteiger partial charge in [0.15, 0.2) is 0 Å². The standard InChI is InChI=1S/C15H24N2O3/c1-4-9-17(5-2)10-8-16-15(19)13-7-6-12(20-3)11-14(13)18/h6-7,11,18H,4-5,8-10H2,1-3H3,(H,16,19). The first-order valence-electron chi connectivity index (χ1n) is 6.99. The van der Waals surface area contributed by atoms with E-state index < -0.39 is 0 Å². The molecule has 0 saturated carbocycles. The monoisotopic (exact) mass is 280 g/mol. The molecule has 0 saturated heterocycles. The summed E-state index contributed by atoms with van der Waals surface area (Å²) in [4.78, 5) is 14.2. The van der Waals surface area contributed by atoms with Crippen LogP contribution < -0.4 is 10.1 Å². The van der Waals surface area contributed by atoms with Crippen molar-refractivity contribution in [3.8, 4) is 11.5 Å². The number of amides is 1. The van der Waals surface area contributed by atoms with Gasteiger partial charge in [-0.05, 0) is 31.6 Å². The highest BCUT2D eigenvalue weighted by Crippen LogP contribution is 2.23. The lowest BCUT2D eigenvalue weighted by molar-refractivity contribution is 0.0946. The van der Waals surface area contributed by atoms with Crippen LogP contribution in [0.3, 0.4) is 0 Å². The van der Waals surface area contributed by atoms with Gasteiger partial charge in [-0.15, -0.1) is 0 Å². The molecule has 0 heterocycles. The van der Waals surface area contributed by atoms with E-state index in [4.69, 9.17) is 4.74 Å². The summed E-state index contributed by atoms with van der Waals surface area (Å²) < 4.78 is 4.99. The van der Waals surface area contributed by atoms with Crippen LogP contribution in [0.25, 0.3) is 0 Å². The second kappa shape index (κ2) is 8.43. The Morgan fingerprint density at radius 1 is 1.35 bits per heavy atom. The lowest BCUT2D eigenvalue weighted by Gasteiger charge is -2.19. The Bertz CT molecular complexity index is 435. The highest BCUT2D eigenvalue weighted by atomic mass is 16.5. The molecule has 5 nitrogen and oxygen atoms in total. The average Bonchev–Trinajstić information content (AvgIpc) is 2.45. The van der Waals surface area contributed by atoms with Crippen molar-refractivity contribution in [2.24, 2.45) is 0 Å². The summed E-state index contributed by atoms with van der Waals surface area (Å²) in [7, 11) is 1.52. The molecule has 0 radical (unpaired) electrons. The Kier molecular flexibility index (Phi) is 6.87. The smallest absolute Gasteiger partial charge is 0.255 e. The number of nitrogens with one attached hydrogen (secondary N) is 1. The number of hydrogen-bond donors (Lipinski definition) is 2. The number of nitrogens with zero attached hydrogens (tertiary/aromatic N) is 1. The van der Waals surface area contributed by atoms with Crippen LogP contribution in [0.15, 0.2) is 18.2 Å². The van der Waals surface area contributed by atoms with Gasteiger partial charge in [0, 0.05) is 19.2 Å². The van der Waals surface area contributed by atoms with Crippen molar-refractivity contribution in [2.45, 2.75) is 20.3 Å². The molecule has 1 aromatic carbocycles. The summed E-state index contributed by atoms with van der Waals surface area (Å²) in [6, 6.07) is 4.65. The van der Waals surface area contributed by atoms with Crippen molar-refractivity contribution < 1.29 is 14.6 Å². The summed E-state index contributed by atoms with van der Waals surface area (Å²) in [5.74, 6) is 0.194. The van der Waals surface area contributed by atoms with Gasteiger partial charge in [-0.1, -0.05) is 13.8 Å². The zero-order valence-corrected chi connectivity index (χ0v) is 12.5. The average molecular weight is 280 g/mol. The third-order valence-electron chi connectivity index (χ3n) is 3.15. The topological polar surface area (TPSA) is 61.8 Å². The Morgan fingerprint density at radius 2 is 2.10 bits per heavy atom. The van der Waals surface area contributed by atoms with Crippen LogP contribution in [0.1, 0.15) is 30.6 Å². The number of benzene rings is 1. The summed E-state index contributed by atoms with van der Waals surface area (Å²) in [6.07, 6.45) is 1.10. The number of rotatable bonds is 8. The van der Waals surface area contributed by atoms with E-state index in [0.717, 1.165) is 26.1 Å². The molecule has 0 spiro atoms. The van der Waals surface area contributed by atoms with Crippen LogP contribution in [-0.2, 0) is 0 Å². The number of aromatic hydroxyl groups is 1. The molecule has 5 heteroatoms. The van der Waals surface area contributed by atoms with Crippen molar-refractivity contribution in [1.82, 2.24) is 10.2 Å². The Balaban J connectivity index is 2.50. The normalized spacial score (nSPS) is 10.6. The van der Waals surface area contributed by atoms with Crippen molar-refractivity contribution in [2.75, 3.05) is 33.3 Å². The largest absolute Gasteiger partial charge is 0.507 e. The van der Waals surface area contributed by atoms with E-state index in [9.17, 15) is 9.90 Å². The Labute approximate surface area is 120 Å². The van der Waals surface area contributed by atoms with Gasteiger partial charge in [0.25, 0.3) is 5.91 Å². The molecule has 1 amide bonds. The van der Waals surface area contributed by atoms with Crippen molar-refractivity contribution in [3.63, 3.8) is 0 Å². The molecular weight excluding hydrogens is 256 g/mol. The van der Waals surface area contributed by atoms with E-state index in [1.165, 1.54) is 13.2 Å². The Morgan fingerprint density at radius 3 is 2.65 bits per heavy atom. The number of hydrogen-bond acceptors (Lipinski definition) is 4. The maximum Gasteiger partial charge on any atom is 0.255 e. The Hall–Kier alpha value is -1.75. The van der Waals surface area contributed by atoms with Crippen LogP contribution in [0, 0.1) is 0 Å². The first-order valence-corrected chi connectivity index (χ1v) is 6.99. The van der Waals surface area contributed by atoms with E-state index in [1.54, 1.807) is 12.1 Å². The number of methoxy groups -OCH3 is 1. The van der Waals surface area contributed by atoms with E-state index in [0.29, 0.717) is 12.3 Å². The number of phenols is 1. The van der Waals surface area contributed by atoms with Crippen molar-refractivity contribution in [3.05, 3.63) is 23.8 Å². The minimum atomic E-state index is -0.266. The first-order chi connectivity index (χ1) is 9.62. The highest BCUT2D eigenvalue weighted by molar-refractivity contribution is 5.96. The molecule has 1 rings (SSSR count). The van der Waals surface area contributed by atoms with Crippen LogP contribution in [0.5, 0.6) is 11.5 Å². The molecule has 20 heavy (non-hydrogen) atoms. The van der Waals surface area contributed by atoms with Crippen molar-refractivity contribution >= 4 is 5.91 Å². The maximum atomic E-state index is 12.0. The third kappa shape index (κ3) is 4.74. The van der Waals surface area contributed by atoms with Gasteiger partial charge < -0.3 is 20.1 Å². The molecule has 0 unspecified atom stereocenters. The zero-order chi connectivity index (χ0) is 15.0. The van der Waals surface area contributed by atoms with E-state index >= 15 is 0 Å². The predicted octanol–water partition coefficient (Wildman–Crippen LogP) is 1.86. The summed E-state index contributed by atoms with van der Waals surface area (Å²) in [5.41, 5.74) is 0.268. The van der Waals surface area contributed by atoms with Gasteiger partial charge in [0.2, 0.25) is 0 Å². The molecule has 2 N–H and O–H groups in total.